The molecule has 6 rings (SSSR count). The van der Waals surface area contributed by atoms with Gasteiger partial charge in [0.25, 0.3) is 0 Å². The van der Waals surface area contributed by atoms with Crippen molar-refractivity contribution in [1.82, 2.24) is 9.88 Å². The highest BCUT2D eigenvalue weighted by molar-refractivity contribution is 6.33. The van der Waals surface area contributed by atoms with E-state index >= 15 is 0 Å². The Balaban J connectivity index is 1.23. The number of aromatic nitrogens is 1. The molecule has 0 radical (unpaired) electrons. The number of benzene rings is 2. The summed E-state index contributed by atoms with van der Waals surface area (Å²) in [5.41, 5.74) is 6.72. The third-order valence-electron chi connectivity index (χ3n) is 6.91. The third-order valence-corrected chi connectivity index (χ3v) is 7.40. The number of ether oxygens (including phenoxy) is 2. The van der Waals surface area contributed by atoms with Crippen molar-refractivity contribution in [3.05, 3.63) is 93.7 Å². The Kier molecular flexibility index (Phi) is 5.56. The fourth-order valence-corrected chi connectivity index (χ4v) is 5.87. The Labute approximate surface area is 207 Å². The monoisotopic (exact) mass is 492 g/mol. The Bertz CT molecular complexity index is 1260. The normalized spacial score (nSPS) is 21.0. The molecule has 0 spiro atoms. The van der Waals surface area contributed by atoms with Crippen molar-refractivity contribution in [3.63, 3.8) is 0 Å². The van der Waals surface area contributed by atoms with Crippen molar-refractivity contribution in [3.8, 4) is 11.1 Å². The quantitative estimate of drug-likeness (QED) is 0.408. The van der Waals surface area contributed by atoms with Crippen LogP contribution in [0.15, 0.2) is 66.7 Å². The Morgan fingerprint density at radius 3 is 2.35 bits per heavy atom. The lowest BCUT2D eigenvalue weighted by Crippen LogP contribution is -2.56. The van der Waals surface area contributed by atoms with Gasteiger partial charge in [0.1, 0.15) is 16.9 Å². The Hall–Kier alpha value is -2.86. The van der Waals surface area contributed by atoms with Gasteiger partial charge >= 0.3 is 6.09 Å². The van der Waals surface area contributed by atoms with Gasteiger partial charge in [-0.3, -0.25) is 4.90 Å². The lowest BCUT2D eigenvalue weighted by atomic mass is 9.91. The van der Waals surface area contributed by atoms with Crippen molar-refractivity contribution < 1.29 is 14.3 Å². The summed E-state index contributed by atoms with van der Waals surface area (Å²) >= 11 is 12.3. The molecule has 1 amide bonds. The van der Waals surface area contributed by atoms with Crippen molar-refractivity contribution >= 4 is 34.9 Å². The van der Waals surface area contributed by atoms with Gasteiger partial charge in [-0.05, 0) is 46.4 Å². The summed E-state index contributed by atoms with van der Waals surface area (Å²) in [6, 6.07) is 19.9. The number of carbonyl (C=O) groups is 1. The highest BCUT2D eigenvalue weighted by atomic mass is 35.5. The van der Waals surface area contributed by atoms with Crippen LogP contribution < -0.4 is 0 Å². The summed E-state index contributed by atoms with van der Waals surface area (Å²) in [7, 11) is 0. The van der Waals surface area contributed by atoms with Crippen LogP contribution in [0.3, 0.4) is 0 Å². The molecule has 172 valence electrons. The van der Waals surface area contributed by atoms with E-state index in [0.29, 0.717) is 36.5 Å². The molecule has 0 N–H and O–H groups in total. The molecule has 7 heteroatoms. The van der Waals surface area contributed by atoms with Crippen LogP contribution in [0.1, 0.15) is 29.0 Å². The third kappa shape index (κ3) is 3.68. The maximum absolute atomic E-state index is 13.3. The van der Waals surface area contributed by atoms with E-state index in [0.717, 1.165) is 11.1 Å². The smallest absolute Gasteiger partial charge is 0.410 e. The lowest BCUT2D eigenvalue weighted by molar-refractivity contribution is -0.0331. The van der Waals surface area contributed by atoms with E-state index < -0.39 is 0 Å². The summed E-state index contributed by atoms with van der Waals surface area (Å²) in [6.45, 7) is 1.17. The van der Waals surface area contributed by atoms with Crippen LogP contribution >= 0.6 is 23.2 Å². The van der Waals surface area contributed by atoms with Crippen LogP contribution in [-0.2, 0) is 9.47 Å². The molecule has 2 bridgehead atoms. The topological polar surface area (TPSA) is 51.7 Å². The maximum Gasteiger partial charge on any atom is 0.410 e. The molecular weight excluding hydrogens is 471 g/mol. The Morgan fingerprint density at radius 2 is 1.68 bits per heavy atom. The highest BCUT2D eigenvalue weighted by Crippen LogP contribution is 2.44. The number of amides is 1. The minimum Gasteiger partial charge on any atom is -0.448 e. The predicted molar refractivity (Wildman–Crippen MR) is 132 cm³/mol. The molecule has 2 atom stereocenters. The van der Waals surface area contributed by atoms with Crippen LogP contribution in [0, 0.1) is 0 Å². The van der Waals surface area contributed by atoms with Crippen molar-refractivity contribution in [2.24, 2.45) is 0 Å². The average molecular weight is 493 g/mol. The van der Waals surface area contributed by atoms with Gasteiger partial charge < -0.3 is 9.47 Å². The standard InChI is InChI=1S/C27H22Cl2N2O3/c28-25-10-9-19(26(29)30-25)16-11-17-13-33-14-18(12-16)31(17)27(32)34-15-24-22-7-3-1-5-20(22)21-6-2-4-8-23(21)24/h1-11,17-18,24H,12-15H2. The van der Waals surface area contributed by atoms with E-state index in [-0.39, 0.29) is 24.1 Å². The summed E-state index contributed by atoms with van der Waals surface area (Å²) in [6.07, 6.45) is 2.34. The molecule has 1 fully saturated rings. The molecule has 5 nitrogen and oxygen atoms in total. The van der Waals surface area contributed by atoms with Crippen molar-refractivity contribution in [2.75, 3.05) is 19.8 Å². The number of rotatable bonds is 3. The largest absolute Gasteiger partial charge is 0.448 e. The molecular formula is C27H22Cl2N2O3. The molecule has 3 heterocycles. The molecule has 3 aromatic rings. The van der Waals surface area contributed by atoms with E-state index in [1.165, 1.54) is 22.3 Å². The minimum atomic E-state index is -0.309. The molecule has 1 aliphatic carbocycles. The number of halogens is 2. The zero-order valence-corrected chi connectivity index (χ0v) is 19.8. The maximum atomic E-state index is 13.3. The van der Waals surface area contributed by atoms with Crippen LogP contribution in [0.5, 0.6) is 0 Å². The number of hydrogen-bond donors (Lipinski definition) is 0. The van der Waals surface area contributed by atoms with E-state index in [1.807, 2.05) is 41.3 Å². The van der Waals surface area contributed by atoms with Gasteiger partial charge in [0.2, 0.25) is 0 Å². The average Bonchev–Trinajstić information content (AvgIpc) is 3.15. The number of carbonyl (C=O) groups excluding carboxylic acids is 1. The van der Waals surface area contributed by atoms with E-state index in [2.05, 4.69) is 29.2 Å². The van der Waals surface area contributed by atoms with Gasteiger partial charge in [0.05, 0.1) is 25.3 Å². The number of hydrogen-bond acceptors (Lipinski definition) is 4. The number of pyridine rings is 1. The van der Waals surface area contributed by atoms with Crippen molar-refractivity contribution in [1.29, 1.82) is 0 Å². The number of fused-ring (bicyclic) bond motifs is 5. The SMILES string of the molecule is O=C(OCC1c2ccccc2-c2ccccc21)N1C2C=C(c3ccc(Cl)nc3Cl)CC1COC2. The van der Waals surface area contributed by atoms with Gasteiger partial charge in [0, 0.05) is 11.5 Å². The second-order valence-corrected chi connectivity index (χ2v) is 9.58. The first-order chi connectivity index (χ1) is 16.6. The van der Waals surface area contributed by atoms with Gasteiger partial charge in [0.15, 0.2) is 0 Å². The molecule has 1 saturated heterocycles. The molecule has 0 saturated carbocycles. The first-order valence-electron chi connectivity index (χ1n) is 11.3. The fourth-order valence-electron chi connectivity index (χ4n) is 5.40. The first-order valence-corrected chi connectivity index (χ1v) is 12.1. The lowest BCUT2D eigenvalue weighted by Gasteiger charge is -2.44. The van der Waals surface area contributed by atoms with Crippen molar-refractivity contribution in [2.45, 2.75) is 24.4 Å². The van der Waals surface area contributed by atoms with E-state index in [4.69, 9.17) is 32.7 Å². The molecule has 1 aromatic heterocycles. The van der Waals surface area contributed by atoms with Crippen LogP contribution in [-0.4, -0.2) is 47.9 Å². The van der Waals surface area contributed by atoms with Crippen LogP contribution in [0.25, 0.3) is 16.7 Å². The van der Waals surface area contributed by atoms with Crippen LogP contribution in [0.4, 0.5) is 4.79 Å². The summed E-state index contributed by atoms with van der Waals surface area (Å²) in [5.74, 6) is 0.0299. The highest BCUT2D eigenvalue weighted by Gasteiger charge is 2.40. The second-order valence-electron chi connectivity index (χ2n) is 8.84. The molecule has 2 aromatic carbocycles. The first kappa shape index (κ1) is 21.7. The van der Waals surface area contributed by atoms with Gasteiger partial charge in [-0.15, -0.1) is 0 Å². The van der Waals surface area contributed by atoms with Gasteiger partial charge in [-0.2, -0.15) is 0 Å². The summed E-state index contributed by atoms with van der Waals surface area (Å²) in [4.78, 5) is 19.3. The van der Waals surface area contributed by atoms with Gasteiger partial charge in [-0.25, -0.2) is 9.78 Å². The zero-order valence-electron chi connectivity index (χ0n) is 18.3. The summed E-state index contributed by atoms with van der Waals surface area (Å²) < 4.78 is 11.7. The summed E-state index contributed by atoms with van der Waals surface area (Å²) in [5, 5.41) is 0.723. The number of morpholine rings is 1. The van der Waals surface area contributed by atoms with E-state index in [1.54, 1.807) is 6.07 Å². The minimum absolute atomic E-state index is 0.0299. The zero-order chi connectivity index (χ0) is 23.2. The number of nitrogens with zero attached hydrogens (tertiary/aromatic N) is 2. The molecule has 2 unspecified atom stereocenters. The molecule has 34 heavy (non-hydrogen) atoms. The van der Waals surface area contributed by atoms with E-state index in [9.17, 15) is 4.79 Å². The van der Waals surface area contributed by atoms with Gasteiger partial charge in [-0.1, -0.05) is 77.8 Å². The predicted octanol–water partition coefficient (Wildman–Crippen LogP) is 6.19. The molecule has 2 aliphatic heterocycles. The fraction of sp³-hybridized carbons (Fsp3) is 0.259. The second kappa shape index (κ2) is 8.73. The Morgan fingerprint density at radius 1 is 0.971 bits per heavy atom. The van der Waals surface area contributed by atoms with Crippen LogP contribution in [0.2, 0.25) is 10.3 Å². The molecule has 3 aliphatic rings.